The minimum absolute atomic E-state index is 0.127. The Labute approximate surface area is 399 Å². The summed E-state index contributed by atoms with van der Waals surface area (Å²) in [6.45, 7) is 4.73. The monoisotopic (exact) mass is 867 g/mol. The van der Waals surface area contributed by atoms with E-state index < -0.39 is 0 Å². The minimum atomic E-state index is -0.127. The zero-order valence-corrected chi connectivity index (χ0v) is 38.3. The number of rotatable bonds is 9. The molecule has 0 unspecified atom stereocenters. The first-order chi connectivity index (χ1) is 33.5. The first-order valence-electron chi connectivity index (χ1n) is 23.7. The van der Waals surface area contributed by atoms with Crippen LogP contribution < -0.4 is 4.90 Å². The zero-order valence-electron chi connectivity index (χ0n) is 38.3. The molecule has 0 heterocycles. The van der Waals surface area contributed by atoms with E-state index in [9.17, 15) is 0 Å². The molecule has 1 aliphatic rings. The summed E-state index contributed by atoms with van der Waals surface area (Å²) in [6, 6.07) is 95.8. The van der Waals surface area contributed by atoms with Crippen LogP contribution in [0.1, 0.15) is 25.0 Å². The van der Waals surface area contributed by atoms with Crippen LogP contribution in [0.5, 0.6) is 0 Å². The molecule has 0 saturated heterocycles. The highest BCUT2D eigenvalue weighted by atomic mass is 15.1. The Morgan fingerprint density at radius 3 is 1.47 bits per heavy atom. The Morgan fingerprint density at radius 2 is 0.750 bits per heavy atom. The molecule has 0 N–H and O–H groups in total. The maximum absolute atomic E-state index is 2.50. The van der Waals surface area contributed by atoms with E-state index in [1.807, 2.05) is 0 Å². The second-order valence-corrected chi connectivity index (χ2v) is 18.4. The molecule has 0 aliphatic heterocycles. The van der Waals surface area contributed by atoms with Crippen molar-refractivity contribution in [1.29, 1.82) is 0 Å². The second kappa shape index (κ2) is 17.0. The van der Waals surface area contributed by atoms with Crippen LogP contribution in [0.2, 0.25) is 0 Å². The van der Waals surface area contributed by atoms with Gasteiger partial charge in [-0.15, -0.1) is 0 Å². The Bertz CT molecular complexity index is 3620. The quantitative estimate of drug-likeness (QED) is 0.140. The average molecular weight is 868 g/mol. The summed E-state index contributed by atoms with van der Waals surface area (Å²) in [6.07, 6.45) is 0. The van der Waals surface area contributed by atoms with Crippen LogP contribution in [-0.4, -0.2) is 0 Å². The van der Waals surface area contributed by atoms with Crippen LogP contribution in [0.25, 0.3) is 88.7 Å². The molecule has 0 saturated carbocycles. The van der Waals surface area contributed by atoms with Gasteiger partial charge in [0.2, 0.25) is 0 Å². The number of nitrogens with zero attached hydrogens (tertiary/aromatic N) is 1. The van der Waals surface area contributed by atoms with E-state index in [4.69, 9.17) is 0 Å². The molecule has 68 heavy (non-hydrogen) atoms. The van der Waals surface area contributed by atoms with Crippen LogP contribution in [0, 0.1) is 0 Å². The van der Waals surface area contributed by atoms with Crippen molar-refractivity contribution in [3.8, 4) is 77.9 Å². The third-order valence-corrected chi connectivity index (χ3v) is 14.1. The Hall–Kier alpha value is -8.52. The molecular weight excluding hydrogens is 819 g/mol. The molecule has 0 bridgehead atoms. The van der Waals surface area contributed by atoms with Crippen LogP contribution in [0.15, 0.2) is 261 Å². The molecule has 0 spiro atoms. The van der Waals surface area contributed by atoms with Crippen molar-refractivity contribution in [2.24, 2.45) is 0 Å². The molecule has 0 amide bonds. The Balaban J connectivity index is 1.04. The number of benzene rings is 11. The Kier molecular flexibility index (Phi) is 10.3. The molecule has 0 radical (unpaired) electrons. The van der Waals surface area contributed by atoms with Gasteiger partial charge in [-0.25, -0.2) is 0 Å². The smallest absolute Gasteiger partial charge is 0.0546 e. The molecule has 11 aromatic carbocycles. The van der Waals surface area contributed by atoms with Crippen molar-refractivity contribution in [3.05, 3.63) is 272 Å². The van der Waals surface area contributed by atoms with E-state index in [-0.39, 0.29) is 5.41 Å². The molecule has 11 aromatic rings. The van der Waals surface area contributed by atoms with E-state index in [1.54, 1.807) is 0 Å². The van der Waals surface area contributed by atoms with Crippen molar-refractivity contribution in [3.63, 3.8) is 0 Å². The zero-order chi connectivity index (χ0) is 45.6. The van der Waals surface area contributed by atoms with Gasteiger partial charge in [0, 0.05) is 22.2 Å². The van der Waals surface area contributed by atoms with Gasteiger partial charge in [0.15, 0.2) is 0 Å². The van der Waals surface area contributed by atoms with Gasteiger partial charge in [-0.3, -0.25) is 0 Å². The van der Waals surface area contributed by atoms with Crippen LogP contribution >= 0.6 is 0 Å². The van der Waals surface area contributed by atoms with Gasteiger partial charge < -0.3 is 4.90 Å². The molecule has 12 rings (SSSR count). The standard InChI is InChI=1S/C67H49N/c1-67(2)62-29-15-13-26-59(62)60-43-40-54(45-63(60)67)57-25-14-16-30-64(57)68(55-41-38-48(39-42-55)47-32-34-49(35-33-47)53-37-36-46-18-9-10-23-52(46)44-53)65-31-17-28-58(51-21-7-4-8-22-51)66(65)61-27-12-11-24-56(61)50-19-5-3-6-20-50/h3-45H,1-2H3. The van der Waals surface area contributed by atoms with Crippen molar-refractivity contribution in [2.75, 3.05) is 4.90 Å². The van der Waals surface area contributed by atoms with Gasteiger partial charge in [0.25, 0.3) is 0 Å². The van der Waals surface area contributed by atoms with Gasteiger partial charge in [-0.05, 0) is 125 Å². The van der Waals surface area contributed by atoms with Crippen LogP contribution in [0.3, 0.4) is 0 Å². The van der Waals surface area contributed by atoms with Gasteiger partial charge >= 0.3 is 0 Å². The number of para-hydroxylation sites is 1. The highest BCUT2D eigenvalue weighted by Gasteiger charge is 2.35. The molecule has 1 heteroatoms. The first kappa shape index (κ1) is 40.9. The summed E-state index contributed by atoms with van der Waals surface area (Å²) in [5.41, 5.74) is 22.7. The number of fused-ring (bicyclic) bond motifs is 4. The highest BCUT2D eigenvalue weighted by Crippen LogP contribution is 2.53. The van der Waals surface area contributed by atoms with Gasteiger partial charge in [0.1, 0.15) is 0 Å². The predicted molar refractivity (Wildman–Crippen MR) is 289 cm³/mol. The Morgan fingerprint density at radius 1 is 0.265 bits per heavy atom. The van der Waals surface area contributed by atoms with Gasteiger partial charge in [-0.2, -0.15) is 0 Å². The molecule has 0 aromatic heterocycles. The van der Waals surface area contributed by atoms with E-state index in [1.165, 1.54) is 99.8 Å². The average Bonchev–Trinajstić information content (AvgIpc) is 3.64. The summed E-state index contributed by atoms with van der Waals surface area (Å²) in [5, 5.41) is 2.51. The third kappa shape index (κ3) is 7.21. The topological polar surface area (TPSA) is 3.24 Å². The van der Waals surface area contributed by atoms with Gasteiger partial charge in [-0.1, -0.05) is 238 Å². The molecular formula is C67H49N. The van der Waals surface area contributed by atoms with Crippen LogP contribution in [-0.2, 0) is 5.41 Å². The molecule has 322 valence electrons. The van der Waals surface area contributed by atoms with Crippen LogP contribution in [0.4, 0.5) is 17.1 Å². The molecule has 1 nitrogen and oxygen atoms in total. The lowest BCUT2D eigenvalue weighted by atomic mass is 9.81. The predicted octanol–water partition coefficient (Wildman–Crippen LogP) is 18.6. The lowest BCUT2D eigenvalue weighted by Gasteiger charge is -2.32. The molecule has 1 aliphatic carbocycles. The molecule has 0 fully saturated rings. The fourth-order valence-electron chi connectivity index (χ4n) is 10.7. The maximum atomic E-state index is 2.50. The van der Waals surface area contributed by atoms with Crippen molar-refractivity contribution >= 4 is 27.8 Å². The third-order valence-electron chi connectivity index (χ3n) is 14.1. The van der Waals surface area contributed by atoms with E-state index in [2.05, 4.69) is 280 Å². The summed E-state index contributed by atoms with van der Waals surface area (Å²) in [5.74, 6) is 0. The summed E-state index contributed by atoms with van der Waals surface area (Å²) >= 11 is 0. The SMILES string of the molecule is CC1(C)c2ccccc2-c2ccc(-c3ccccc3N(c3ccc(-c4ccc(-c5ccc6ccccc6c5)cc4)cc3)c3cccc(-c4ccccc4)c3-c3ccccc3-c3ccccc3)cc21. The maximum Gasteiger partial charge on any atom is 0.0546 e. The summed E-state index contributed by atoms with van der Waals surface area (Å²) in [4.78, 5) is 2.50. The van der Waals surface area contributed by atoms with Gasteiger partial charge in [0.05, 0.1) is 11.4 Å². The lowest BCUT2D eigenvalue weighted by Crippen LogP contribution is -2.15. The summed E-state index contributed by atoms with van der Waals surface area (Å²) < 4.78 is 0. The highest BCUT2D eigenvalue weighted by molar-refractivity contribution is 6.03. The van der Waals surface area contributed by atoms with E-state index >= 15 is 0 Å². The fraction of sp³-hybridized carbons (Fsp3) is 0.0448. The first-order valence-corrected chi connectivity index (χ1v) is 23.7. The van der Waals surface area contributed by atoms with Crippen molar-refractivity contribution < 1.29 is 0 Å². The number of hydrogen-bond donors (Lipinski definition) is 0. The van der Waals surface area contributed by atoms with Crippen molar-refractivity contribution in [2.45, 2.75) is 19.3 Å². The van der Waals surface area contributed by atoms with E-state index in [0.717, 1.165) is 17.1 Å². The van der Waals surface area contributed by atoms with Crippen molar-refractivity contribution in [1.82, 2.24) is 0 Å². The second-order valence-electron chi connectivity index (χ2n) is 18.4. The summed E-state index contributed by atoms with van der Waals surface area (Å²) in [7, 11) is 0. The normalized spacial score (nSPS) is 12.4. The number of hydrogen-bond acceptors (Lipinski definition) is 1. The molecule has 0 atom stereocenters. The largest absolute Gasteiger partial charge is 0.309 e. The fourth-order valence-corrected chi connectivity index (χ4v) is 10.7. The minimum Gasteiger partial charge on any atom is -0.309 e. The lowest BCUT2D eigenvalue weighted by molar-refractivity contribution is 0.660. The van der Waals surface area contributed by atoms with E-state index in [0.29, 0.717) is 0 Å². The number of anilines is 3.